The highest BCUT2D eigenvalue weighted by Crippen LogP contribution is 2.41. The molecule has 0 aromatic rings. The molecule has 0 radical (unpaired) electrons. The molecule has 274 valence electrons. The molecule has 0 aromatic carbocycles. The zero-order chi connectivity index (χ0) is 36.0. The van der Waals surface area contributed by atoms with E-state index >= 15 is 0 Å². The quantitative estimate of drug-likeness (QED) is 0.204. The molecule has 3 aliphatic carbocycles. The van der Waals surface area contributed by atoms with Crippen LogP contribution in [0.15, 0.2) is 0 Å². The van der Waals surface area contributed by atoms with Crippen LogP contribution in [0.25, 0.3) is 0 Å². The van der Waals surface area contributed by atoms with Gasteiger partial charge in [-0.25, -0.2) is 0 Å². The third kappa shape index (κ3) is 9.69. The summed E-state index contributed by atoms with van der Waals surface area (Å²) in [6.07, 6.45) is 10.7. The van der Waals surface area contributed by atoms with Crippen molar-refractivity contribution in [1.82, 2.24) is 26.2 Å². The highest BCUT2D eigenvalue weighted by atomic mass is 16.2. The van der Waals surface area contributed by atoms with Gasteiger partial charge in [-0.2, -0.15) is 0 Å². The second-order valence-electron chi connectivity index (χ2n) is 16.2. The van der Waals surface area contributed by atoms with Crippen molar-refractivity contribution in [2.24, 2.45) is 23.2 Å². The average molecular weight is 686 g/mol. The molecule has 3 saturated carbocycles. The van der Waals surface area contributed by atoms with Crippen LogP contribution in [0.2, 0.25) is 0 Å². The molecule has 4 N–H and O–H groups in total. The number of hydrogen-bond acceptors (Lipinski definition) is 7. The molecule has 1 heterocycles. The van der Waals surface area contributed by atoms with E-state index in [1.807, 2.05) is 27.7 Å². The Kier molecular flexibility index (Phi) is 13.0. The molecule has 12 nitrogen and oxygen atoms in total. The van der Waals surface area contributed by atoms with Crippen molar-refractivity contribution >= 4 is 41.1 Å². The van der Waals surface area contributed by atoms with Gasteiger partial charge in [0, 0.05) is 18.0 Å². The Morgan fingerprint density at radius 3 is 1.98 bits per heavy atom. The van der Waals surface area contributed by atoms with Crippen LogP contribution in [-0.2, 0) is 33.6 Å². The van der Waals surface area contributed by atoms with Gasteiger partial charge in [-0.1, -0.05) is 80.1 Å². The number of ketones is 2. The molecule has 0 spiro atoms. The standard InChI is InChI=1S/C37H59N5O7/c1-7-13-25(30(44)35(48)38-24-18-19-24)39-32(45)27-20-23-16-11-12-17-26(23)42(27)36(49)31(37(4,5)6)41-33(46)28(22-14-9-8-10-15-22)40-34(47)29(43)21(2)3/h21-28,31H,7-20H2,1-6H3,(H,38,48)(H,39,45)(H,40,47)(H,41,46)/t23-,25-,26-,27-,28?,31+/m0/s1. The predicted molar refractivity (Wildman–Crippen MR) is 184 cm³/mol. The zero-order valence-electron chi connectivity index (χ0n) is 30.4. The first-order valence-electron chi connectivity index (χ1n) is 18.8. The van der Waals surface area contributed by atoms with Crippen LogP contribution in [-0.4, -0.2) is 82.3 Å². The lowest BCUT2D eigenvalue weighted by Crippen LogP contribution is -2.63. The Morgan fingerprint density at radius 2 is 1.39 bits per heavy atom. The van der Waals surface area contributed by atoms with Crippen LogP contribution in [0, 0.1) is 23.2 Å². The molecular weight excluding hydrogens is 626 g/mol. The maximum atomic E-state index is 14.8. The highest BCUT2D eigenvalue weighted by Gasteiger charge is 2.51. The molecule has 12 heteroatoms. The minimum absolute atomic E-state index is 0.00626. The van der Waals surface area contributed by atoms with E-state index < -0.39 is 70.7 Å². The molecular formula is C37H59N5O7. The van der Waals surface area contributed by atoms with Gasteiger partial charge in [0.2, 0.25) is 29.3 Å². The van der Waals surface area contributed by atoms with Gasteiger partial charge in [-0.3, -0.25) is 33.6 Å². The molecule has 0 aromatic heterocycles. The summed E-state index contributed by atoms with van der Waals surface area (Å²) in [5, 5.41) is 11.3. The first-order chi connectivity index (χ1) is 23.1. The van der Waals surface area contributed by atoms with Gasteiger partial charge in [-0.15, -0.1) is 0 Å². The van der Waals surface area contributed by atoms with Crippen molar-refractivity contribution in [3.05, 3.63) is 0 Å². The molecule has 1 saturated heterocycles. The lowest BCUT2D eigenvalue weighted by atomic mass is 9.81. The number of nitrogens with one attached hydrogen (secondary N) is 4. The van der Waals surface area contributed by atoms with E-state index in [1.54, 1.807) is 18.7 Å². The number of nitrogens with zero attached hydrogens (tertiary/aromatic N) is 1. The number of fused-ring (bicyclic) bond motifs is 1. The van der Waals surface area contributed by atoms with Crippen LogP contribution in [0.5, 0.6) is 0 Å². The minimum atomic E-state index is -1.03. The first kappa shape index (κ1) is 38.5. The topological polar surface area (TPSA) is 171 Å². The molecule has 49 heavy (non-hydrogen) atoms. The third-order valence-electron chi connectivity index (χ3n) is 10.8. The average Bonchev–Trinajstić information content (AvgIpc) is 3.79. The van der Waals surface area contributed by atoms with E-state index in [2.05, 4.69) is 21.3 Å². The maximum Gasteiger partial charge on any atom is 0.289 e. The van der Waals surface area contributed by atoms with Gasteiger partial charge in [0.1, 0.15) is 18.1 Å². The summed E-state index contributed by atoms with van der Waals surface area (Å²) in [7, 11) is 0. The SMILES string of the molecule is CCC[C@H](NC(=O)[C@@H]1C[C@@H]2CCCC[C@@H]2N1C(=O)[C@@H](NC(=O)C(NC(=O)C(=O)C(C)C)C1CCCCC1)C(C)(C)C)C(=O)C(=O)NC1CC1. The van der Waals surface area contributed by atoms with Crippen molar-refractivity contribution < 1.29 is 33.6 Å². The summed E-state index contributed by atoms with van der Waals surface area (Å²) in [6, 6.07) is -4.06. The minimum Gasteiger partial charge on any atom is -0.347 e. The van der Waals surface area contributed by atoms with Crippen LogP contribution in [0.4, 0.5) is 0 Å². The van der Waals surface area contributed by atoms with Crippen molar-refractivity contribution in [3.63, 3.8) is 0 Å². The monoisotopic (exact) mass is 685 g/mol. The molecule has 1 unspecified atom stereocenters. The van der Waals surface area contributed by atoms with Crippen molar-refractivity contribution in [1.29, 1.82) is 0 Å². The van der Waals surface area contributed by atoms with Crippen LogP contribution < -0.4 is 21.3 Å². The predicted octanol–water partition coefficient (Wildman–Crippen LogP) is 3.10. The number of likely N-dealkylation sites (tertiary alicyclic amines) is 1. The van der Waals surface area contributed by atoms with Gasteiger partial charge < -0.3 is 26.2 Å². The van der Waals surface area contributed by atoms with Crippen molar-refractivity contribution in [2.45, 2.75) is 168 Å². The van der Waals surface area contributed by atoms with E-state index in [4.69, 9.17) is 0 Å². The molecule has 0 bridgehead atoms. The Balaban J connectivity index is 1.58. The second-order valence-corrected chi connectivity index (χ2v) is 16.2. The lowest BCUT2D eigenvalue weighted by Gasteiger charge is -2.40. The normalized spacial score (nSPS) is 24.6. The van der Waals surface area contributed by atoms with Gasteiger partial charge in [-0.05, 0) is 68.6 Å². The summed E-state index contributed by atoms with van der Waals surface area (Å²) in [5.41, 5.74) is -0.767. The molecule has 4 rings (SSSR count). The zero-order valence-corrected chi connectivity index (χ0v) is 30.4. The van der Waals surface area contributed by atoms with E-state index in [1.165, 1.54) is 0 Å². The van der Waals surface area contributed by atoms with Crippen molar-refractivity contribution in [3.8, 4) is 0 Å². The third-order valence-corrected chi connectivity index (χ3v) is 10.8. The van der Waals surface area contributed by atoms with E-state index in [-0.39, 0.29) is 29.8 Å². The molecule has 6 atom stereocenters. The van der Waals surface area contributed by atoms with Crippen LogP contribution in [0.1, 0.15) is 131 Å². The molecule has 1 aliphatic heterocycles. The fourth-order valence-electron chi connectivity index (χ4n) is 7.85. The van der Waals surface area contributed by atoms with Gasteiger partial charge >= 0.3 is 0 Å². The van der Waals surface area contributed by atoms with E-state index in [0.717, 1.165) is 70.6 Å². The second kappa shape index (κ2) is 16.6. The Labute approximate surface area is 291 Å². The number of hydrogen-bond donors (Lipinski definition) is 4. The van der Waals surface area contributed by atoms with Gasteiger partial charge in [0.05, 0.1) is 6.04 Å². The van der Waals surface area contributed by atoms with Gasteiger partial charge in [0.15, 0.2) is 0 Å². The Bertz CT molecular complexity index is 1270. The number of rotatable bonds is 14. The fraction of sp³-hybridized carbons (Fsp3) is 0.811. The molecule has 4 fully saturated rings. The van der Waals surface area contributed by atoms with E-state index in [9.17, 15) is 33.6 Å². The number of Topliss-reactive ketones (excluding diaryl/α,β-unsaturated/α-hetero) is 2. The van der Waals surface area contributed by atoms with Crippen molar-refractivity contribution in [2.75, 3.05) is 0 Å². The smallest absolute Gasteiger partial charge is 0.289 e. The van der Waals surface area contributed by atoms with Crippen LogP contribution in [0.3, 0.4) is 0 Å². The van der Waals surface area contributed by atoms with Gasteiger partial charge in [0.25, 0.3) is 11.8 Å². The molecule has 4 aliphatic rings. The summed E-state index contributed by atoms with van der Waals surface area (Å²) in [4.78, 5) is 95.8. The summed E-state index contributed by atoms with van der Waals surface area (Å²) in [6.45, 7) is 10.7. The number of amides is 5. The van der Waals surface area contributed by atoms with E-state index in [0.29, 0.717) is 19.3 Å². The highest BCUT2D eigenvalue weighted by molar-refractivity contribution is 6.38. The fourth-order valence-corrected chi connectivity index (χ4v) is 7.85. The maximum absolute atomic E-state index is 14.8. The number of carbonyl (C=O) groups is 7. The summed E-state index contributed by atoms with van der Waals surface area (Å²) < 4.78 is 0. The summed E-state index contributed by atoms with van der Waals surface area (Å²) in [5.74, 6) is -4.74. The number of carbonyl (C=O) groups excluding carboxylic acids is 7. The lowest BCUT2D eigenvalue weighted by molar-refractivity contribution is -0.148. The Morgan fingerprint density at radius 1 is 0.755 bits per heavy atom. The largest absolute Gasteiger partial charge is 0.347 e. The first-order valence-corrected chi connectivity index (χ1v) is 18.8. The Hall–Kier alpha value is -3.31. The molecule has 5 amide bonds. The van der Waals surface area contributed by atoms with Crippen LogP contribution >= 0.6 is 0 Å². The summed E-state index contributed by atoms with van der Waals surface area (Å²) >= 11 is 0.